The number of fused-ring (bicyclic) bond motifs is 3. The molecule has 2 aliphatic rings. The Morgan fingerprint density at radius 1 is 0.969 bits per heavy atom. The number of likely N-dealkylation sites (tertiary alicyclic amines) is 1. The summed E-state index contributed by atoms with van der Waals surface area (Å²) in [5.74, 6) is -1.22. The molecule has 3 aromatic rings. The van der Waals surface area contributed by atoms with Gasteiger partial charge in [0.05, 0.1) is 24.3 Å². The van der Waals surface area contributed by atoms with Gasteiger partial charge in [-0.1, -0.05) is 48.5 Å². The van der Waals surface area contributed by atoms with Gasteiger partial charge >= 0.3 is 6.03 Å². The maximum atomic E-state index is 14.3. The van der Waals surface area contributed by atoms with Gasteiger partial charge in [-0.2, -0.15) is 0 Å². The van der Waals surface area contributed by atoms with Crippen LogP contribution in [0.1, 0.15) is 21.8 Å². The third-order valence-corrected chi connectivity index (χ3v) is 6.30. The van der Waals surface area contributed by atoms with Crippen molar-refractivity contribution in [2.45, 2.75) is 18.0 Å². The lowest BCUT2D eigenvalue weighted by Crippen LogP contribution is -2.71. The molecule has 32 heavy (non-hydrogen) atoms. The van der Waals surface area contributed by atoms with E-state index in [2.05, 4.69) is 5.32 Å². The number of urea groups is 1. The van der Waals surface area contributed by atoms with Gasteiger partial charge in [-0.3, -0.25) is 9.69 Å². The molecular formula is C25H22FN3O3. The molecule has 3 atom stereocenters. The number of benzene rings is 3. The lowest BCUT2D eigenvalue weighted by Gasteiger charge is -2.58. The summed E-state index contributed by atoms with van der Waals surface area (Å²) in [6.45, 7) is 0.00292. The Labute approximate surface area is 184 Å². The van der Waals surface area contributed by atoms with Gasteiger partial charge in [0, 0.05) is 23.8 Å². The fourth-order valence-corrected chi connectivity index (χ4v) is 4.84. The molecule has 0 radical (unpaired) electrons. The summed E-state index contributed by atoms with van der Waals surface area (Å²) in [7, 11) is 0. The van der Waals surface area contributed by atoms with Crippen molar-refractivity contribution in [2.75, 3.05) is 23.4 Å². The summed E-state index contributed by atoms with van der Waals surface area (Å²) in [6, 6.07) is 21.3. The van der Waals surface area contributed by atoms with Crippen LogP contribution in [0.15, 0.2) is 78.9 Å². The zero-order valence-electron chi connectivity index (χ0n) is 17.2. The van der Waals surface area contributed by atoms with Crippen LogP contribution in [0.25, 0.3) is 0 Å². The number of anilines is 2. The van der Waals surface area contributed by atoms with E-state index in [0.717, 1.165) is 11.3 Å². The Morgan fingerprint density at radius 3 is 2.41 bits per heavy atom. The summed E-state index contributed by atoms with van der Waals surface area (Å²) in [5.41, 5.74) is 2.27. The normalized spacial score (nSPS) is 21.2. The molecule has 0 spiro atoms. The molecule has 6 nitrogen and oxygen atoms in total. The first-order valence-electron chi connectivity index (χ1n) is 10.5. The van der Waals surface area contributed by atoms with Crippen molar-refractivity contribution in [3.8, 4) is 0 Å². The Morgan fingerprint density at radius 2 is 1.66 bits per heavy atom. The van der Waals surface area contributed by atoms with Crippen LogP contribution in [0, 0.1) is 5.82 Å². The number of aliphatic hydroxyl groups excluding tert-OH is 1. The number of halogens is 1. The van der Waals surface area contributed by atoms with Gasteiger partial charge in [-0.25, -0.2) is 9.18 Å². The molecule has 0 aromatic heterocycles. The van der Waals surface area contributed by atoms with Crippen molar-refractivity contribution < 1.29 is 19.1 Å². The highest BCUT2D eigenvalue weighted by Gasteiger charge is 2.55. The van der Waals surface area contributed by atoms with Crippen molar-refractivity contribution in [1.82, 2.24) is 4.90 Å². The zero-order valence-corrected chi connectivity index (χ0v) is 17.2. The standard InChI is InChI=1S/C25H22FN3O3/c26-19-12-6-4-10-17(19)24(31)29-21-14-28(25(32)27-16-8-2-1-3-9-16)20-13-7-5-11-18(20)23(21)22(29)15-30/h1-13,21-23,30H,14-15H2,(H,27,32)/t21-,22+,23+/m1/s1. The summed E-state index contributed by atoms with van der Waals surface area (Å²) in [4.78, 5) is 29.5. The SMILES string of the molecule is O=C(Nc1ccccc1)N1C[C@@H]2[C@H](c3ccccc31)[C@H](CO)N2C(=O)c1ccccc1F. The highest BCUT2D eigenvalue weighted by Crippen LogP contribution is 2.48. The number of para-hydroxylation sites is 2. The van der Waals surface area contributed by atoms with E-state index in [1.54, 1.807) is 23.1 Å². The van der Waals surface area contributed by atoms with E-state index in [0.29, 0.717) is 5.69 Å². The smallest absolute Gasteiger partial charge is 0.326 e. The molecular weight excluding hydrogens is 409 g/mol. The molecule has 0 bridgehead atoms. The Balaban J connectivity index is 1.49. The highest BCUT2D eigenvalue weighted by molar-refractivity contribution is 6.03. The number of carbonyl (C=O) groups excluding carboxylic acids is 2. The topological polar surface area (TPSA) is 72.9 Å². The lowest BCUT2D eigenvalue weighted by molar-refractivity contribution is -0.0244. The van der Waals surface area contributed by atoms with Crippen molar-refractivity contribution in [3.63, 3.8) is 0 Å². The zero-order chi connectivity index (χ0) is 22.2. The average Bonchev–Trinajstić information content (AvgIpc) is 2.80. The van der Waals surface area contributed by atoms with Gasteiger partial charge in [0.1, 0.15) is 5.82 Å². The van der Waals surface area contributed by atoms with E-state index >= 15 is 0 Å². The summed E-state index contributed by atoms with van der Waals surface area (Å²) in [5, 5.41) is 13.0. The second-order valence-electron chi connectivity index (χ2n) is 8.00. The van der Waals surface area contributed by atoms with Crippen LogP contribution >= 0.6 is 0 Å². The van der Waals surface area contributed by atoms with E-state index in [1.807, 2.05) is 42.5 Å². The minimum absolute atomic E-state index is 0.0384. The van der Waals surface area contributed by atoms with Crippen LogP contribution < -0.4 is 10.2 Å². The van der Waals surface area contributed by atoms with Crippen LogP contribution in [0.3, 0.4) is 0 Å². The molecule has 0 saturated carbocycles. The third-order valence-electron chi connectivity index (χ3n) is 6.30. The molecule has 1 saturated heterocycles. The Bertz CT molecular complexity index is 1170. The molecule has 1 fully saturated rings. The van der Waals surface area contributed by atoms with Gasteiger partial charge in [0.25, 0.3) is 5.91 Å². The number of amides is 3. The first-order valence-corrected chi connectivity index (χ1v) is 10.5. The third kappa shape index (κ3) is 3.22. The van der Waals surface area contributed by atoms with Crippen LogP contribution in [-0.4, -0.2) is 47.2 Å². The van der Waals surface area contributed by atoms with Crippen molar-refractivity contribution in [3.05, 3.63) is 95.8 Å². The predicted molar refractivity (Wildman–Crippen MR) is 119 cm³/mol. The minimum Gasteiger partial charge on any atom is -0.394 e. The summed E-state index contributed by atoms with van der Waals surface area (Å²) in [6.07, 6.45) is 0. The van der Waals surface area contributed by atoms with Crippen LogP contribution in [0.4, 0.5) is 20.6 Å². The quantitative estimate of drug-likeness (QED) is 0.662. The van der Waals surface area contributed by atoms with Gasteiger partial charge in [-0.05, 0) is 35.9 Å². The number of rotatable bonds is 3. The molecule has 2 heterocycles. The second kappa shape index (κ2) is 8.09. The fourth-order valence-electron chi connectivity index (χ4n) is 4.84. The number of hydrogen-bond donors (Lipinski definition) is 2. The Hall–Kier alpha value is -3.71. The van der Waals surface area contributed by atoms with Gasteiger partial charge in [-0.15, -0.1) is 0 Å². The van der Waals surface area contributed by atoms with Crippen molar-refractivity contribution in [2.24, 2.45) is 0 Å². The van der Waals surface area contributed by atoms with E-state index in [4.69, 9.17) is 0 Å². The molecule has 0 unspecified atom stereocenters. The monoisotopic (exact) mass is 431 g/mol. The van der Waals surface area contributed by atoms with Gasteiger partial charge in [0.15, 0.2) is 0 Å². The van der Waals surface area contributed by atoms with Gasteiger partial charge in [0.2, 0.25) is 0 Å². The fraction of sp³-hybridized carbons (Fsp3) is 0.200. The molecule has 162 valence electrons. The molecule has 3 amide bonds. The molecule has 5 rings (SSSR count). The number of hydrogen-bond acceptors (Lipinski definition) is 3. The van der Waals surface area contributed by atoms with Crippen LogP contribution in [-0.2, 0) is 0 Å². The lowest BCUT2D eigenvalue weighted by atomic mass is 9.71. The minimum atomic E-state index is -0.604. The molecule has 0 aliphatic carbocycles. The maximum absolute atomic E-state index is 14.3. The number of carbonyl (C=O) groups is 2. The number of nitrogens with zero attached hydrogens (tertiary/aromatic N) is 2. The van der Waals surface area contributed by atoms with Crippen LogP contribution in [0.5, 0.6) is 0 Å². The van der Waals surface area contributed by atoms with Crippen LogP contribution in [0.2, 0.25) is 0 Å². The largest absolute Gasteiger partial charge is 0.394 e. The molecule has 2 N–H and O–H groups in total. The van der Waals surface area contributed by atoms with Crippen molar-refractivity contribution in [1.29, 1.82) is 0 Å². The van der Waals surface area contributed by atoms with Crippen molar-refractivity contribution >= 4 is 23.3 Å². The Kier molecular flexibility index (Phi) is 5.11. The number of nitrogens with one attached hydrogen (secondary N) is 1. The molecule has 2 aliphatic heterocycles. The summed E-state index contributed by atoms with van der Waals surface area (Å²) >= 11 is 0. The summed E-state index contributed by atoms with van der Waals surface area (Å²) < 4.78 is 14.3. The molecule has 7 heteroatoms. The number of aliphatic hydroxyl groups is 1. The average molecular weight is 431 g/mol. The molecule has 3 aromatic carbocycles. The highest BCUT2D eigenvalue weighted by atomic mass is 19.1. The van der Waals surface area contributed by atoms with Gasteiger partial charge < -0.3 is 15.3 Å². The predicted octanol–water partition coefficient (Wildman–Crippen LogP) is 3.85. The van der Waals surface area contributed by atoms with E-state index in [9.17, 15) is 19.1 Å². The maximum Gasteiger partial charge on any atom is 0.326 e. The van der Waals surface area contributed by atoms with E-state index in [-0.39, 0.29) is 36.7 Å². The van der Waals surface area contributed by atoms with E-state index < -0.39 is 17.8 Å². The van der Waals surface area contributed by atoms with E-state index in [1.165, 1.54) is 23.1 Å². The first kappa shape index (κ1) is 20.2. The first-order chi connectivity index (χ1) is 15.6. The second-order valence-corrected chi connectivity index (χ2v) is 8.00.